The topological polar surface area (TPSA) is 187 Å². The molecular weight excluding hydrogens is 964 g/mol. The summed E-state index contributed by atoms with van der Waals surface area (Å²) in [6, 6.07) is 26.3. The number of unbranched alkanes of at least 4 members (excludes halogenated alkanes) is 1. The zero-order valence-electron chi connectivity index (χ0n) is 40.9. The fourth-order valence-corrected chi connectivity index (χ4v) is 10.1. The Morgan fingerprint density at radius 3 is 2.22 bits per heavy atom. The molecule has 3 atom stereocenters. The number of nitrogens with one attached hydrogen (secondary N) is 4. The Balaban J connectivity index is 0.841. The van der Waals surface area contributed by atoms with Crippen LogP contribution >= 0.6 is 23.6 Å². The fourth-order valence-electron chi connectivity index (χ4n) is 8.78. The summed E-state index contributed by atoms with van der Waals surface area (Å²) in [6.45, 7) is 11.9. The zero-order chi connectivity index (χ0) is 52.1. The second kappa shape index (κ2) is 22.0. The van der Waals surface area contributed by atoms with Gasteiger partial charge in [0, 0.05) is 44.0 Å². The standard InChI is InChI=1S/C53H58F3N9O5S2/c1-32-45(72-31-61-32)36-11-9-33(10-12-36)28-60-47(68)43-26-41(66)29-63(43)48(69)46(51(2,3)4)62-44(67)30-70-24-8-7-23-59-38-18-13-34(14-19-38)35-15-20-39(21-16-35)65-50(71)64(49(58)52(65,5)6)40-22-17-37(27-57)42(25-40)53(54,55)56/h9-22,25,31,41,43,46,58-59,66H,7-8,23-24,26,28-30H2,1-6H3,(H,60,68)(H,62,67)/t41-,43+,46?/m1/s1. The average molecular weight is 1020 g/mol. The molecule has 7 rings (SSSR count). The molecule has 2 aliphatic heterocycles. The van der Waals surface area contributed by atoms with E-state index in [-0.39, 0.29) is 48.7 Å². The minimum atomic E-state index is -4.76. The molecule has 2 fully saturated rings. The number of rotatable bonds is 17. The Labute approximate surface area is 426 Å². The van der Waals surface area contributed by atoms with Gasteiger partial charge in [0.05, 0.1) is 50.6 Å². The molecule has 1 unspecified atom stereocenters. The Morgan fingerprint density at radius 2 is 1.61 bits per heavy atom. The number of likely N-dealkylation sites (tertiary alicyclic amines) is 1. The zero-order valence-corrected chi connectivity index (χ0v) is 42.5. The maximum atomic E-state index is 14.0. The van der Waals surface area contributed by atoms with Crippen LogP contribution in [0, 0.1) is 29.1 Å². The van der Waals surface area contributed by atoms with Crippen LogP contribution in [-0.4, -0.2) is 93.7 Å². The van der Waals surface area contributed by atoms with Crippen LogP contribution in [-0.2, 0) is 31.8 Å². The third kappa shape index (κ3) is 12.0. The lowest BCUT2D eigenvalue weighted by atomic mass is 9.85. The third-order valence-corrected chi connectivity index (χ3v) is 14.1. The number of nitriles is 1. The van der Waals surface area contributed by atoms with Crippen LogP contribution in [0.2, 0.25) is 0 Å². The van der Waals surface area contributed by atoms with Crippen LogP contribution in [0.3, 0.4) is 0 Å². The highest BCUT2D eigenvalue weighted by Gasteiger charge is 2.48. The van der Waals surface area contributed by atoms with E-state index in [1.807, 2.05) is 100 Å². The van der Waals surface area contributed by atoms with Gasteiger partial charge in [0.2, 0.25) is 17.7 Å². The number of anilines is 3. The quantitative estimate of drug-likeness (QED) is 0.0442. The number of amides is 3. The number of halogens is 3. The van der Waals surface area contributed by atoms with Crippen LogP contribution in [0.1, 0.15) is 76.3 Å². The van der Waals surface area contributed by atoms with E-state index in [9.17, 15) is 37.9 Å². The van der Waals surface area contributed by atoms with Gasteiger partial charge in [-0.3, -0.25) is 24.7 Å². The fraction of sp³-hybridized carbons (Fsp3) is 0.377. The number of benzene rings is 4. The molecule has 4 aromatic carbocycles. The van der Waals surface area contributed by atoms with Crippen molar-refractivity contribution in [1.29, 1.82) is 10.7 Å². The number of thiazole rings is 1. The predicted octanol–water partition coefficient (Wildman–Crippen LogP) is 9.06. The molecule has 0 saturated carbocycles. The molecule has 0 aliphatic carbocycles. The first kappa shape index (κ1) is 53.1. The largest absolute Gasteiger partial charge is 0.417 e. The molecule has 5 aromatic rings. The molecule has 1 aromatic heterocycles. The van der Waals surface area contributed by atoms with Crippen molar-refractivity contribution in [3.63, 3.8) is 0 Å². The number of aliphatic hydroxyl groups excluding tert-OH is 1. The second-order valence-corrected chi connectivity index (χ2v) is 20.7. The van der Waals surface area contributed by atoms with E-state index < -0.39 is 58.3 Å². The summed E-state index contributed by atoms with van der Waals surface area (Å²) >= 11 is 7.32. The summed E-state index contributed by atoms with van der Waals surface area (Å²) in [5.74, 6) is -1.30. The van der Waals surface area contributed by atoms with Crippen LogP contribution in [0.4, 0.5) is 30.2 Å². The van der Waals surface area contributed by atoms with E-state index in [0.29, 0.717) is 25.3 Å². The normalized spacial score (nSPS) is 17.2. The molecule has 3 heterocycles. The summed E-state index contributed by atoms with van der Waals surface area (Å²) in [7, 11) is 0. The van der Waals surface area contributed by atoms with Gasteiger partial charge in [-0.2, -0.15) is 18.4 Å². The molecule has 0 bridgehead atoms. The number of carbonyl (C=O) groups excluding carboxylic acids is 3. The second-order valence-electron chi connectivity index (χ2n) is 19.5. The van der Waals surface area contributed by atoms with E-state index in [2.05, 4.69) is 20.9 Å². The minimum absolute atomic E-state index is 0.00977. The van der Waals surface area contributed by atoms with Crippen LogP contribution in [0.15, 0.2) is 96.5 Å². The summed E-state index contributed by atoms with van der Waals surface area (Å²) in [5.41, 5.74) is 4.85. The first-order valence-corrected chi connectivity index (χ1v) is 24.8. The van der Waals surface area contributed by atoms with Crippen molar-refractivity contribution in [3.05, 3.63) is 119 Å². The van der Waals surface area contributed by atoms with Crippen molar-refractivity contribution in [1.82, 2.24) is 20.5 Å². The molecule has 3 amide bonds. The summed E-state index contributed by atoms with van der Waals surface area (Å²) in [4.78, 5) is 50.4. The molecule has 378 valence electrons. The number of alkyl halides is 3. The van der Waals surface area contributed by atoms with E-state index in [1.54, 1.807) is 41.7 Å². The number of carbonyl (C=O) groups is 3. The highest BCUT2D eigenvalue weighted by molar-refractivity contribution is 7.81. The number of aryl methyl sites for hydroxylation is 1. The Kier molecular flexibility index (Phi) is 16.2. The molecule has 0 spiro atoms. The van der Waals surface area contributed by atoms with Crippen LogP contribution in [0.25, 0.3) is 21.6 Å². The molecule has 2 aliphatic rings. The summed E-state index contributed by atoms with van der Waals surface area (Å²) in [5, 5.41) is 38.0. The van der Waals surface area contributed by atoms with Gasteiger partial charge in [-0.25, -0.2) is 4.98 Å². The molecular formula is C53H58F3N9O5S2. The number of β-amino-alcohol motifs (C(OH)–C–C–N with tert-alkyl or cyclic N) is 1. The van der Waals surface area contributed by atoms with Crippen LogP contribution < -0.4 is 25.8 Å². The number of hydrogen-bond donors (Lipinski definition) is 5. The Hall–Kier alpha value is -6.72. The number of hydrogen-bond acceptors (Lipinski definition) is 11. The molecule has 2 saturated heterocycles. The van der Waals surface area contributed by atoms with Gasteiger partial charge >= 0.3 is 6.18 Å². The number of aromatic nitrogens is 1. The van der Waals surface area contributed by atoms with Crippen molar-refractivity contribution in [2.24, 2.45) is 5.41 Å². The number of nitrogens with zero attached hydrogens (tertiary/aromatic N) is 5. The lowest BCUT2D eigenvalue weighted by Gasteiger charge is -2.35. The maximum absolute atomic E-state index is 14.0. The van der Waals surface area contributed by atoms with E-state index in [4.69, 9.17) is 22.4 Å². The molecule has 14 nitrogen and oxygen atoms in total. The van der Waals surface area contributed by atoms with Gasteiger partial charge in [0.25, 0.3) is 0 Å². The predicted molar refractivity (Wildman–Crippen MR) is 278 cm³/mol. The number of amidine groups is 1. The van der Waals surface area contributed by atoms with Gasteiger partial charge in [0.15, 0.2) is 5.11 Å². The SMILES string of the molecule is Cc1ncsc1-c1ccc(CNC(=O)[C@@H]2C[C@@H](O)CN2C(=O)C(NC(=O)COCCCCNc2ccc(-c3ccc(N4C(=S)N(c5ccc(C#N)c(C(F)(F)F)c5)C(=N)C4(C)C)cc3)cc2)C(C)(C)C)cc1. The monoisotopic (exact) mass is 1020 g/mol. The third-order valence-electron chi connectivity index (χ3n) is 12.8. The van der Waals surface area contributed by atoms with Crippen molar-refractivity contribution in [3.8, 4) is 27.6 Å². The van der Waals surface area contributed by atoms with Crippen LogP contribution in [0.5, 0.6) is 0 Å². The maximum Gasteiger partial charge on any atom is 0.417 e. The Morgan fingerprint density at radius 1 is 0.972 bits per heavy atom. The first-order chi connectivity index (χ1) is 34.1. The minimum Gasteiger partial charge on any atom is -0.391 e. The molecule has 0 radical (unpaired) electrons. The van der Waals surface area contributed by atoms with Crippen molar-refractivity contribution < 1.29 is 37.4 Å². The average Bonchev–Trinajstić information content (AvgIpc) is 4.01. The smallest absolute Gasteiger partial charge is 0.391 e. The number of ether oxygens (including phenoxy) is 1. The molecule has 19 heteroatoms. The Bertz CT molecular complexity index is 2840. The highest BCUT2D eigenvalue weighted by Crippen LogP contribution is 2.40. The van der Waals surface area contributed by atoms with Crippen molar-refractivity contribution >= 4 is 69.3 Å². The van der Waals surface area contributed by atoms with E-state index in [0.717, 1.165) is 57.1 Å². The highest BCUT2D eigenvalue weighted by atomic mass is 32.1. The van der Waals surface area contributed by atoms with E-state index >= 15 is 0 Å². The van der Waals surface area contributed by atoms with Gasteiger partial charge < -0.3 is 35.6 Å². The number of thiocarbonyl (C=S) groups is 1. The first-order valence-electron chi connectivity index (χ1n) is 23.5. The number of aliphatic hydroxyl groups is 1. The lowest BCUT2D eigenvalue weighted by molar-refractivity contribution is -0.144. The van der Waals surface area contributed by atoms with Gasteiger partial charge in [-0.1, -0.05) is 69.3 Å². The van der Waals surface area contributed by atoms with E-state index in [1.165, 1.54) is 15.9 Å². The van der Waals surface area contributed by atoms with Crippen molar-refractivity contribution in [2.75, 3.05) is 41.4 Å². The van der Waals surface area contributed by atoms with Gasteiger partial charge in [0.1, 0.15) is 24.5 Å². The van der Waals surface area contributed by atoms with Crippen molar-refractivity contribution in [2.45, 2.75) is 97.3 Å². The lowest BCUT2D eigenvalue weighted by Crippen LogP contribution is -2.58. The van der Waals surface area contributed by atoms with Gasteiger partial charge in [-0.15, -0.1) is 11.3 Å². The summed E-state index contributed by atoms with van der Waals surface area (Å²) < 4.78 is 47.1. The molecule has 72 heavy (non-hydrogen) atoms. The molecule has 5 N–H and O–H groups in total. The van der Waals surface area contributed by atoms with Gasteiger partial charge in [-0.05, 0) is 116 Å². The summed E-state index contributed by atoms with van der Waals surface area (Å²) in [6.07, 6.45) is -4.14.